The van der Waals surface area contributed by atoms with Gasteiger partial charge in [-0.3, -0.25) is 0 Å². The van der Waals surface area contributed by atoms with Gasteiger partial charge < -0.3 is 10.2 Å². The molecule has 0 fully saturated rings. The van der Waals surface area contributed by atoms with Crippen LogP contribution in [-0.2, 0) is 5.75 Å². The van der Waals surface area contributed by atoms with E-state index >= 15 is 0 Å². The van der Waals surface area contributed by atoms with Crippen LogP contribution in [0.1, 0.15) is 11.5 Å². The lowest BCUT2D eigenvalue weighted by Crippen LogP contribution is -1.93. The highest BCUT2D eigenvalue weighted by Crippen LogP contribution is 2.22. The normalized spacial score (nSPS) is 10.5. The Morgan fingerprint density at radius 2 is 2.27 bits per heavy atom. The van der Waals surface area contributed by atoms with Crippen LogP contribution < -0.4 is 5.73 Å². The number of aromatic nitrogens is 1. The number of pyridine rings is 1. The van der Waals surface area contributed by atoms with Gasteiger partial charge in [0.1, 0.15) is 5.76 Å². The SMILES string of the molecule is Cc1nc(SCc2ccco2)ccc1N. The summed E-state index contributed by atoms with van der Waals surface area (Å²) in [7, 11) is 0. The van der Waals surface area contributed by atoms with Crippen LogP contribution in [-0.4, -0.2) is 4.98 Å². The smallest absolute Gasteiger partial charge is 0.114 e. The number of furan rings is 1. The second-order valence-electron chi connectivity index (χ2n) is 3.19. The molecular weight excluding hydrogens is 208 g/mol. The molecule has 78 valence electrons. The molecule has 4 heteroatoms. The minimum absolute atomic E-state index is 0.734. The number of thioether (sulfide) groups is 1. The molecule has 2 aromatic rings. The van der Waals surface area contributed by atoms with E-state index in [1.54, 1.807) is 18.0 Å². The highest BCUT2D eigenvalue weighted by atomic mass is 32.2. The van der Waals surface area contributed by atoms with E-state index in [0.717, 1.165) is 27.9 Å². The summed E-state index contributed by atoms with van der Waals surface area (Å²) in [4.78, 5) is 4.37. The van der Waals surface area contributed by atoms with Gasteiger partial charge in [0.25, 0.3) is 0 Å². The molecule has 0 aliphatic rings. The van der Waals surface area contributed by atoms with Crippen molar-refractivity contribution in [3.8, 4) is 0 Å². The number of rotatable bonds is 3. The first-order chi connectivity index (χ1) is 7.25. The first-order valence-corrected chi connectivity index (χ1v) is 5.62. The van der Waals surface area contributed by atoms with Crippen LogP contribution >= 0.6 is 11.8 Å². The highest BCUT2D eigenvalue weighted by molar-refractivity contribution is 7.98. The van der Waals surface area contributed by atoms with Crippen LogP contribution in [0.4, 0.5) is 5.69 Å². The van der Waals surface area contributed by atoms with Gasteiger partial charge in [-0.2, -0.15) is 0 Å². The molecular formula is C11H12N2OS. The Hall–Kier alpha value is -1.42. The minimum atomic E-state index is 0.734. The van der Waals surface area contributed by atoms with Gasteiger partial charge >= 0.3 is 0 Å². The molecule has 0 atom stereocenters. The molecule has 0 aliphatic carbocycles. The van der Waals surface area contributed by atoms with Gasteiger partial charge in [0.15, 0.2) is 0 Å². The van der Waals surface area contributed by atoms with E-state index in [1.807, 2.05) is 31.2 Å². The summed E-state index contributed by atoms with van der Waals surface area (Å²) in [6.45, 7) is 1.91. The number of nitrogens with two attached hydrogens (primary N) is 1. The molecule has 0 saturated carbocycles. The van der Waals surface area contributed by atoms with Crippen LogP contribution in [0.2, 0.25) is 0 Å². The Kier molecular flexibility index (Phi) is 2.97. The molecule has 0 spiro atoms. The van der Waals surface area contributed by atoms with Crippen LogP contribution in [0.25, 0.3) is 0 Å². The first-order valence-electron chi connectivity index (χ1n) is 4.64. The van der Waals surface area contributed by atoms with E-state index in [4.69, 9.17) is 10.2 Å². The summed E-state index contributed by atoms with van der Waals surface area (Å²) < 4.78 is 5.24. The second-order valence-corrected chi connectivity index (χ2v) is 4.19. The quantitative estimate of drug-likeness (QED) is 0.808. The van der Waals surface area contributed by atoms with Gasteiger partial charge in [-0.05, 0) is 31.2 Å². The van der Waals surface area contributed by atoms with E-state index < -0.39 is 0 Å². The molecule has 2 N–H and O–H groups in total. The monoisotopic (exact) mass is 220 g/mol. The molecule has 0 bridgehead atoms. The molecule has 3 nitrogen and oxygen atoms in total. The van der Waals surface area contributed by atoms with Crippen LogP contribution in [0, 0.1) is 6.92 Å². The maximum Gasteiger partial charge on any atom is 0.114 e. The zero-order valence-corrected chi connectivity index (χ0v) is 9.25. The van der Waals surface area contributed by atoms with Gasteiger partial charge in [0, 0.05) is 0 Å². The lowest BCUT2D eigenvalue weighted by atomic mass is 10.3. The molecule has 0 radical (unpaired) electrons. The number of aryl methyl sites for hydroxylation is 1. The molecule has 0 amide bonds. The average molecular weight is 220 g/mol. The predicted octanol–water partition coefficient (Wildman–Crippen LogP) is 2.86. The third-order valence-corrected chi connectivity index (χ3v) is 3.00. The summed E-state index contributed by atoms with van der Waals surface area (Å²) in [5, 5.41) is 0.970. The number of hydrogen-bond donors (Lipinski definition) is 1. The molecule has 15 heavy (non-hydrogen) atoms. The molecule has 2 aromatic heterocycles. The van der Waals surface area contributed by atoms with Gasteiger partial charge in [0.05, 0.1) is 28.4 Å². The zero-order chi connectivity index (χ0) is 10.7. The summed E-state index contributed by atoms with van der Waals surface area (Å²) in [6.07, 6.45) is 1.68. The third kappa shape index (κ3) is 2.53. The lowest BCUT2D eigenvalue weighted by molar-refractivity contribution is 0.530. The number of nitrogen functional groups attached to an aromatic ring is 1. The second kappa shape index (κ2) is 4.40. The Labute approximate surface area is 92.7 Å². The predicted molar refractivity (Wildman–Crippen MR) is 61.7 cm³/mol. The maximum absolute atomic E-state index is 5.69. The molecule has 0 aliphatic heterocycles. The largest absolute Gasteiger partial charge is 0.468 e. The Morgan fingerprint density at radius 1 is 1.40 bits per heavy atom. The van der Waals surface area contributed by atoms with E-state index in [2.05, 4.69) is 4.98 Å². The van der Waals surface area contributed by atoms with Gasteiger partial charge in [-0.15, -0.1) is 0 Å². The highest BCUT2D eigenvalue weighted by Gasteiger charge is 2.01. The van der Waals surface area contributed by atoms with Gasteiger partial charge in [0.2, 0.25) is 0 Å². The molecule has 2 rings (SSSR count). The number of anilines is 1. The zero-order valence-electron chi connectivity index (χ0n) is 8.43. The van der Waals surface area contributed by atoms with Crippen LogP contribution in [0.5, 0.6) is 0 Å². The molecule has 0 saturated heterocycles. The standard InChI is InChI=1S/C11H12N2OS/c1-8-10(12)4-5-11(13-8)15-7-9-3-2-6-14-9/h2-6H,7,12H2,1H3. The average Bonchev–Trinajstić information content (AvgIpc) is 2.73. The van der Waals surface area contributed by atoms with E-state index in [1.165, 1.54) is 0 Å². The first kappa shape index (κ1) is 10.1. The van der Waals surface area contributed by atoms with Crippen molar-refractivity contribution in [2.24, 2.45) is 0 Å². The summed E-state index contributed by atoms with van der Waals surface area (Å²) in [6, 6.07) is 7.65. The van der Waals surface area contributed by atoms with Crippen molar-refractivity contribution in [2.45, 2.75) is 17.7 Å². The van der Waals surface area contributed by atoms with Crippen LogP contribution in [0.15, 0.2) is 40.0 Å². The molecule has 0 aromatic carbocycles. The fourth-order valence-corrected chi connectivity index (χ4v) is 1.99. The van der Waals surface area contributed by atoms with Crippen LogP contribution in [0.3, 0.4) is 0 Å². The van der Waals surface area contributed by atoms with E-state index in [9.17, 15) is 0 Å². The van der Waals surface area contributed by atoms with Crippen molar-refractivity contribution in [1.82, 2.24) is 4.98 Å². The lowest BCUT2D eigenvalue weighted by Gasteiger charge is -2.02. The van der Waals surface area contributed by atoms with Crippen molar-refractivity contribution in [3.05, 3.63) is 42.0 Å². The Morgan fingerprint density at radius 3 is 2.93 bits per heavy atom. The summed E-state index contributed by atoms with van der Waals surface area (Å²) in [5.74, 6) is 1.75. The topological polar surface area (TPSA) is 52.0 Å². The van der Waals surface area contributed by atoms with E-state index in [0.29, 0.717) is 0 Å². The van der Waals surface area contributed by atoms with Crippen molar-refractivity contribution >= 4 is 17.4 Å². The number of hydrogen-bond acceptors (Lipinski definition) is 4. The van der Waals surface area contributed by atoms with E-state index in [-0.39, 0.29) is 0 Å². The summed E-state index contributed by atoms with van der Waals surface area (Å²) in [5.41, 5.74) is 7.30. The summed E-state index contributed by atoms with van der Waals surface area (Å²) >= 11 is 1.64. The fraction of sp³-hybridized carbons (Fsp3) is 0.182. The molecule has 0 unspecified atom stereocenters. The Balaban J connectivity index is 2.02. The van der Waals surface area contributed by atoms with Gasteiger partial charge in [-0.1, -0.05) is 11.8 Å². The van der Waals surface area contributed by atoms with Crippen molar-refractivity contribution in [3.63, 3.8) is 0 Å². The Bertz CT molecular complexity index is 440. The minimum Gasteiger partial charge on any atom is -0.468 e. The maximum atomic E-state index is 5.69. The third-order valence-electron chi connectivity index (χ3n) is 2.04. The van der Waals surface area contributed by atoms with Crippen molar-refractivity contribution in [1.29, 1.82) is 0 Å². The van der Waals surface area contributed by atoms with Crippen molar-refractivity contribution < 1.29 is 4.42 Å². The number of nitrogens with zero attached hydrogens (tertiary/aromatic N) is 1. The van der Waals surface area contributed by atoms with Crippen molar-refractivity contribution in [2.75, 3.05) is 5.73 Å². The molecule has 2 heterocycles. The fourth-order valence-electron chi connectivity index (χ4n) is 1.17. The van der Waals surface area contributed by atoms with Gasteiger partial charge in [-0.25, -0.2) is 4.98 Å².